The first-order chi connectivity index (χ1) is 11.7. The van der Waals surface area contributed by atoms with Crippen LogP contribution in [-0.4, -0.2) is 23.1 Å². The molecule has 2 heterocycles. The molecule has 1 aliphatic rings. The van der Waals surface area contributed by atoms with Crippen molar-refractivity contribution in [3.05, 3.63) is 41.8 Å². The summed E-state index contributed by atoms with van der Waals surface area (Å²) in [6, 6.07) is 7.21. The molecule has 0 bridgehead atoms. The predicted molar refractivity (Wildman–Crippen MR) is 98.1 cm³/mol. The average Bonchev–Trinajstić information content (AvgIpc) is 3.07. The summed E-state index contributed by atoms with van der Waals surface area (Å²) >= 11 is 1.62. The standard InChI is InChI=1S/C19H20FN3S/c1-23(15-5-3-2-4-6-15)18-17-16(11-24-19(17)22-12-21-18)13-7-9-14(20)10-8-13/h7-12,15H,2-6H2,1H3. The molecule has 0 atom stereocenters. The second-order valence-corrected chi connectivity index (χ2v) is 7.29. The van der Waals surface area contributed by atoms with Crippen LogP contribution in [0.25, 0.3) is 21.3 Å². The Bertz CT molecular complexity index is 837. The van der Waals surface area contributed by atoms with Crippen molar-refractivity contribution < 1.29 is 4.39 Å². The lowest BCUT2D eigenvalue weighted by atomic mass is 9.94. The lowest BCUT2D eigenvalue weighted by molar-refractivity contribution is 0.426. The summed E-state index contributed by atoms with van der Waals surface area (Å²) in [5.41, 5.74) is 2.10. The van der Waals surface area contributed by atoms with Gasteiger partial charge in [-0.15, -0.1) is 11.3 Å². The molecule has 3 nitrogen and oxygen atoms in total. The van der Waals surface area contributed by atoms with E-state index in [4.69, 9.17) is 0 Å². The van der Waals surface area contributed by atoms with Gasteiger partial charge in [-0.05, 0) is 30.5 Å². The smallest absolute Gasteiger partial charge is 0.141 e. The highest BCUT2D eigenvalue weighted by atomic mass is 32.1. The van der Waals surface area contributed by atoms with E-state index in [0.29, 0.717) is 6.04 Å². The van der Waals surface area contributed by atoms with Gasteiger partial charge in [0.05, 0.1) is 5.39 Å². The third kappa shape index (κ3) is 2.77. The number of fused-ring (bicyclic) bond motifs is 1. The highest BCUT2D eigenvalue weighted by Crippen LogP contribution is 2.39. The fourth-order valence-electron chi connectivity index (χ4n) is 3.61. The van der Waals surface area contributed by atoms with Crippen LogP contribution < -0.4 is 4.90 Å². The molecule has 0 amide bonds. The molecule has 5 heteroatoms. The first kappa shape index (κ1) is 15.5. The van der Waals surface area contributed by atoms with Crippen molar-refractivity contribution >= 4 is 27.4 Å². The summed E-state index contributed by atoms with van der Waals surface area (Å²) in [5, 5.41) is 3.19. The maximum atomic E-state index is 13.3. The third-order valence-corrected chi connectivity index (χ3v) is 5.85. The van der Waals surface area contributed by atoms with E-state index in [9.17, 15) is 4.39 Å². The van der Waals surface area contributed by atoms with Crippen LogP contribution in [-0.2, 0) is 0 Å². The van der Waals surface area contributed by atoms with E-state index in [-0.39, 0.29) is 5.82 Å². The van der Waals surface area contributed by atoms with E-state index >= 15 is 0 Å². The van der Waals surface area contributed by atoms with Crippen LogP contribution in [0.2, 0.25) is 0 Å². The van der Waals surface area contributed by atoms with Gasteiger partial charge in [0.15, 0.2) is 0 Å². The van der Waals surface area contributed by atoms with E-state index < -0.39 is 0 Å². The lowest BCUT2D eigenvalue weighted by Gasteiger charge is -2.32. The summed E-state index contributed by atoms with van der Waals surface area (Å²) in [4.78, 5) is 12.4. The number of hydrogen-bond acceptors (Lipinski definition) is 4. The van der Waals surface area contributed by atoms with Crippen LogP contribution in [0.1, 0.15) is 32.1 Å². The lowest BCUT2D eigenvalue weighted by Crippen LogP contribution is -2.34. The first-order valence-corrected chi connectivity index (χ1v) is 9.33. The van der Waals surface area contributed by atoms with Crippen molar-refractivity contribution in [2.45, 2.75) is 38.1 Å². The minimum Gasteiger partial charge on any atom is -0.356 e. The Hall–Kier alpha value is -2.01. The monoisotopic (exact) mass is 341 g/mol. The zero-order valence-corrected chi connectivity index (χ0v) is 14.5. The van der Waals surface area contributed by atoms with Crippen molar-refractivity contribution in [2.24, 2.45) is 0 Å². The molecule has 4 rings (SSSR count). The second-order valence-electron chi connectivity index (χ2n) is 6.44. The van der Waals surface area contributed by atoms with Crippen molar-refractivity contribution in [3.63, 3.8) is 0 Å². The van der Waals surface area contributed by atoms with Crippen LogP contribution >= 0.6 is 11.3 Å². The van der Waals surface area contributed by atoms with Gasteiger partial charge in [-0.3, -0.25) is 0 Å². The molecule has 2 aromatic heterocycles. The van der Waals surface area contributed by atoms with Gasteiger partial charge in [-0.1, -0.05) is 31.4 Å². The highest BCUT2D eigenvalue weighted by molar-refractivity contribution is 7.17. The molecular formula is C19H20FN3S. The molecule has 1 fully saturated rings. The molecular weight excluding hydrogens is 321 g/mol. The molecule has 124 valence electrons. The fourth-order valence-corrected chi connectivity index (χ4v) is 4.52. The van der Waals surface area contributed by atoms with E-state index in [1.54, 1.807) is 17.7 Å². The van der Waals surface area contributed by atoms with Gasteiger partial charge < -0.3 is 4.90 Å². The zero-order valence-electron chi connectivity index (χ0n) is 13.7. The predicted octanol–water partition coefficient (Wildman–Crippen LogP) is 5.27. The van der Waals surface area contributed by atoms with Gasteiger partial charge in [-0.2, -0.15) is 0 Å². The molecule has 1 aromatic carbocycles. The fraction of sp³-hybridized carbons (Fsp3) is 0.368. The van der Waals surface area contributed by atoms with E-state index in [2.05, 4.69) is 27.3 Å². The maximum absolute atomic E-state index is 13.3. The molecule has 0 aliphatic heterocycles. The highest BCUT2D eigenvalue weighted by Gasteiger charge is 2.23. The SMILES string of the molecule is CN(c1ncnc2scc(-c3ccc(F)cc3)c12)C1CCCCC1. The Kier molecular flexibility index (Phi) is 4.19. The zero-order chi connectivity index (χ0) is 16.5. The van der Waals surface area contributed by atoms with Gasteiger partial charge in [-0.25, -0.2) is 14.4 Å². The van der Waals surface area contributed by atoms with Crippen LogP contribution in [0.3, 0.4) is 0 Å². The number of hydrogen-bond donors (Lipinski definition) is 0. The Morgan fingerprint density at radius 1 is 1.08 bits per heavy atom. The Labute approximate surface area is 145 Å². The Morgan fingerprint density at radius 2 is 1.83 bits per heavy atom. The maximum Gasteiger partial charge on any atom is 0.141 e. The Morgan fingerprint density at radius 3 is 2.58 bits per heavy atom. The van der Waals surface area contributed by atoms with Gasteiger partial charge in [0.25, 0.3) is 0 Å². The topological polar surface area (TPSA) is 29.0 Å². The normalized spacial score (nSPS) is 15.8. The summed E-state index contributed by atoms with van der Waals surface area (Å²) in [7, 11) is 2.14. The average molecular weight is 341 g/mol. The minimum atomic E-state index is -0.214. The van der Waals surface area contributed by atoms with Crippen molar-refractivity contribution in [3.8, 4) is 11.1 Å². The van der Waals surface area contributed by atoms with Gasteiger partial charge >= 0.3 is 0 Å². The number of rotatable bonds is 3. The summed E-state index contributed by atoms with van der Waals surface area (Å²) in [6.07, 6.45) is 8.01. The van der Waals surface area contributed by atoms with E-state index in [0.717, 1.165) is 27.2 Å². The van der Waals surface area contributed by atoms with Crippen LogP contribution in [0.15, 0.2) is 36.0 Å². The Balaban J connectivity index is 1.81. The summed E-state index contributed by atoms with van der Waals surface area (Å²) < 4.78 is 13.3. The molecule has 0 spiro atoms. The van der Waals surface area contributed by atoms with E-state index in [1.807, 2.05) is 12.1 Å². The summed E-state index contributed by atoms with van der Waals surface area (Å²) in [5.74, 6) is 0.779. The van der Waals surface area contributed by atoms with Crippen molar-refractivity contribution in [1.82, 2.24) is 9.97 Å². The molecule has 0 N–H and O–H groups in total. The molecule has 1 saturated carbocycles. The van der Waals surface area contributed by atoms with Gasteiger partial charge in [0.2, 0.25) is 0 Å². The minimum absolute atomic E-state index is 0.214. The first-order valence-electron chi connectivity index (χ1n) is 8.45. The number of benzene rings is 1. The van der Waals surface area contributed by atoms with Crippen LogP contribution in [0, 0.1) is 5.82 Å². The molecule has 3 aromatic rings. The molecule has 0 radical (unpaired) electrons. The summed E-state index contributed by atoms with van der Waals surface area (Å²) in [6.45, 7) is 0. The largest absolute Gasteiger partial charge is 0.356 e. The van der Waals surface area contributed by atoms with Gasteiger partial charge in [0.1, 0.15) is 22.8 Å². The van der Waals surface area contributed by atoms with E-state index in [1.165, 1.54) is 44.2 Å². The quantitative estimate of drug-likeness (QED) is 0.650. The molecule has 0 unspecified atom stereocenters. The molecule has 0 saturated heterocycles. The molecule has 1 aliphatic carbocycles. The second kappa shape index (κ2) is 6.48. The van der Waals surface area contributed by atoms with Crippen LogP contribution in [0.4, 0.5) is 10.2 Å². The number of thiophene rings is 1. The van der Waals surface area contributed by atoms with Crippen molar-refractivity contribution in [1.29, 1.82) is 0 Å². The number of nitrogens with zero attached hydrogens (tertiary/aromatic N) is 3. The number of anilines is 1. The number of halogens is 1. The van der Waals surface area contributed by atoms with Crippen molar-refractivity contribution in [2.75, 3.05) is 11.9 Å². The van der Waals surface area contributed by atoms with Crippen LogP contribution in [0.5, 0.6) is 0 Å². The molecule has 24 heavy (non-hydrogen) atoms. The van der Waals surface area contributed by atoms with Gasteiger partial charge in [0, 0.05) is 24.0 Å². The number of aromatic nitrogens is 2. The third-order valence-electron chi connectivity index (χ3n) is 4.96.